The first kappa shape index (κ1) is 30.3. The number of carboxylic acids is 1. The minimum Gasteiger partial charge on any atom is -0.496 e. The number of hydrogen-bond acceptors (Lipinski definition) is 8. The van der Waals surface area contributed by atoms with Crippen LogP contribution in [0, 0.1) is 0 Å². The lowest BCUT2D eigenvalue weighted by Gasteiger charge is -2.35. The molecule has 1 aromatic heterocycles. The van der Waals surface area contributed by atoms with Crippen molar-refractivity contribution in [2.45, 2.75) is 31.5 Å². The molecule has 1 aliphatic carbocycles. The van der Waals surface area contributed by atoms with Gasteiger partial charge in [-0.2, -0.15) is 0 Å². The molecule has 0 bridgehead atoms. The summed E-state index contributed by atoms with van der Waals surface area (Å²) in [5, 5.41) is 22.9. The number of aliphatic hydroxyl groups is 1. The predicted octanol–water partition coefficient (Wildman–Crippen LogP) is 5.64. The molecule has 44 heavy (non-hydrogen) atoms. The van der Waals surface area contributed by atoms with E-state index in [4.69, 9.17) is 42.8 Å². The number of hydrogen-bond donors (Lipinski definition) is 3. The van der Waals surface area contributed by atoms with Gasteiger partial charge in [0, 0.05) is 53.5 Å². The number of carboxylic acid groups (broad SMARTS) is 1. The summed E-state index contributed by atoms with van der Waals surface area (Å²) in [5.74, 6) is 0.212. The number of likely N-dealkylation sites (tertiary alicyclic amines) is 1. The zero-order valence-corrected chi connectivity index (χ0v) is 25.8. The Labute approximate surface area is 265 Å². The molecule has 2 aliphatic rings. The van der Waals surface area contributed by atoms with E-state index in [0.29, 0.717) is 58.3 Å². The maximum absolute atomic E-state index is 11.1. The first-order valence-corrected chi connectivity index (χ1v) is 15.1. The summed E-state index contributed by atoms with van der Waals surface area (Å²) in [5.41, 5.74) is 7.31. The van der Waals surface area contributed by atoms with Crippen LogP contribution >= 0.6 is 23.2 Å². The Hall–Kier alpha value is -3.73. The molecule has 11 heteroatoms. The molecule has 0 spiro atoms. The minimum atomic E-state index is -0.896. The van der Waals surface area contributed by atoms with Crippen LogP contribution in [0.25, 0.3) is 33.5 Å². The first-order chi connectivity index (χ1) is 21.3. The summed E-state index contributed by atoms with van der Waals surface area (Å²) in [7, 11) is 3.18. The second-order valence-corrected chi connectivity index (χ2v) is 11.8. The number of β-amino-alcohol motifs (C(OH)–C–C–N with tert-alkyl or cyclic N) is 1. The fourth-order valence-corrected chi connectivity index (χ4v) is 6.71. The van der Waals surface area contributed by atoms with Crippen LogP contribution in [0.15, 0.2) is 54.7 Å². The molecular weight excluding hydrogens is 603 g/mol. The number of nitrogens with one attached hydrogen (secondary N) is 1. The molecule has 0 unspecified atom stereocenters. The van der Waals surface area contributed by atoms with Crippen LogP contribution in [0.4, 0.5) is 0 Å². The highest BCUT2D eigenvalue weighted by Gasteiger charge is 2.29. The smallest absolute Gasteiger partial charge is 0.317 e. The third-order valence-corrected chi connectivity index (χ3v) is 9.00. The summed E-state index contributed by atoms with van der Waals surface area (Å²) >= 11 is 14.1. The molecule has 3 aromatic carbocycles. The highest BCUT2D eigenvalue weighted by molar-refractivity contribution is 6.39. The van der Waals surface area contributed by atoms with Gasteiger partial charge in [0.25, 0.3) is 0 Å². The molecule has 1 atom stereocenters. The van der Waals surface area contributed by atoms with Gasteiger partial charge in [0.15, 0.2) is 0 Å². The Balaban J connectivity index is 1.33. The summed E-state index contributed by atoms with van der Waals surface area (Å²) in [6.07, 6.45) is 2.97. The molecule has 2 heterocycles. The van der Waals surface area contributed by atoms with Crippen molar-refractivity contribution in [3.63, 3.8) is 0 Å². The number of fused-ring (bicyclic) bond motifs is 1. The van der Waals surface area contributed by atoms with Gasteiger partial charge in [-0.3, -0.25) is 20.0 Å². The Morgan fingerprint density at radius 3 is 2.36 bits per heavy atom. The van der Waals surface area contributed by atoms with Crippen molar-refractivity contribution in [2.75, 3.05) is 33.9 Å². The lowest BCUT2D eigenvalue weighted by atomic mass is 9.94. The normalized spacial score (nSPS) is 16.4. The van der Waals surface area contributed by atoms with Crippen LogP contribution in [0.5, 0.6) is 11.6 Å². The molecule has 6 rings (SSSR count). The highest BCUT2D eigenvalue weighted by Crippen LogP contribution is 2.45. The Kier molecular flexibility index (Phi) is 8.75. The van der Waals surface area contributed by atoms with E-state index in [1.807, 2.05) is 42.5 Å². The summed E-state index contributed by atoms with van der Waals surface area (Å²) in [6, 6.07) is 15.5. The number of rotatable bonds is 10. The molecule has 0 saturated carbocycles. The van der Waals surface area contributed by atoms with Crippen LogP contribution in [-0.4, -0.2) is 71.0 Å². The molecular formula is C33H32Cl2N4O5. The predicted molar refractivity (Wildman–Crippen MR) is 169 cm³/mol. The lowest BCUT2D eigenvalue weighted by Crippen LogP contribution is -2.50. The quantitative estimate of drug-likeness (QED) is 0.204. The van der Waals surface area contributed by atoms with Crippen molar-refractivity contribution in [1.29, 1.82) is 0 Å². The number of aryl methyl sites for hydroxylation is 1. The van der Waals surface area contributed by atoms with Crippen LogP contribution in [0.2, 0.25) is 10.0 Å². The zero-order chi connectivity index (χ0) is 31.0. The molecule has 228 valence electrons. The van der Waals surface area contributed by atoms with Crippen molar-refractivity contribution in [2.24, 2.45) is 0 Å². The number of aliphatic carboxylic acids is 1. The molecule has 0 amide bonds. The number of aromatic nitrogens is 2. The van der Waals surface area contributed by atoms with Crippen LogP contribution in [0.1, 0.15) is 29.3 Å². The van der Waals surface area contributed by atoms with Gasteiger partial charge in [-0.15, -0.1) is 0 Å². The number of methoxy groups -OCH3 is 2. The SMILES string of the molecule is COc1cc(-c2cccc(-c3cccc(-c4cnc(CN5CC(O)C5)c(OC)n4)c3Cl)c2Cl)cc2c1[C@@H](NCC(=O)O)CC2. The van der Waals surface area contributed by atoms with E-state index in [9.17, 15) is 9.90 Å². The molecule has 1 fully saturated rings. The van der Waals surface area contributed by atoms with E-state index in [1.165, 1.54) is 0 Å². The fraction of sp³-hybridized carbons (Fsp3) is 0.303. The van der Waals surface area contributed by atoms with Gasteiger partial charge in [-0.05, 0) is 30.0 Å². The van der Waals surface area contributed by atoms with Gasteiger partial charge < -0.3 is 19.7 Å². The molecule has 1 aliphatic heterocycles. The summed E-state index contributed by atoms with van der Waals surface area (Å²) < 4.78 is 11.3. The van der Waals surface area contributed by atoms with Gasteiger partial charge in [0.2, 0.25) is 5.88 Å². The first-order valence-electron chi connectivity index (χ1n) is 14.3. The third-order valence-electron chi connectivity index (χ3n) is 8.19. The minimum absolute atomic E-state index is 0.0899. The highest BCUT2D eigenvalue weighted by atomic mass is 35.5. The third kappa shape index (κ3) is 5.86. The second-order valence-electron chi connectivity index (χ2n) is 11.0. The number of benzene rings is 3. The van der Waals surface area contributed by atoms with Crippen LogP contribution in [0.3, 0.4) is 0 Å². The van der Waals surface area contributed by atoms with E-state index in [1.54, 1.807) is 20.4 Å². The average molecular weight is 636 g/mol. The summed E-state index contributed by atoms with van der Waals surface area (Å²) in [6.45, 7) is 1.62. The molecule has 1 saturated heterocycles. The maximum atomic E-state index is 11.1. The number of aliphatic hydroxyl groups excluding tert-OH is 1. The van der Waals surface area contributed by atoms with Gasteiger partial charge in [0.05, 0.1) is 48.8 Å². The average Bonchev–Trinajstić information content (AvgIpc) is 3.42. The van der Waals surface area contributed by atoms with Crippen molar-refractivity contribution in [1.82, 2.24) is 20.2 Å². The van der Waals surface area contributed by atoms with E-state index >= 15 is 0 Å². The number of carbonyl (C=O) groups is 1. The topological polar surface area (TPSA) is 117 Å². The van der Waals surface area contributed by atoms with Crippen molar-refractivity contribution < 1.29 is 24.5 Å². The molecule has 0 radical (unpaired) electrons. The lowest BCUT2D eigenvalue weighted by molar-refractivity contribution is -0.136. The fourth-order valence-electron chi connectivity index (χ4n) is 6.05. The largest absolute Gasteiger partial charge is 0.496 e. The van der Waals surface area contributed by atoms with E-state index in [2.05, 4.69) is 21.3 Å². The van der Waals surface area contributed by atoms with Gasteiger partial charge in [-0.1, -0.05) is 65.7 Å². The Bertz CT molecular complexity index is 1730. The number of halogens is 2. The summed E-state index contributed by atoms with van der Waals surface area (Å²) in [4.78, 5) is 22.5. The maximum Gasteiger partial charge on any atom is 0.317 e. The second kappa shape index (κ2) is 12.7. The standard InChI is InChI=1S/C33H32Cl2N4O5/c1-43-28-12-19(11-18-9-10-25(30(18)28)37-14-29(41)42)21-5-3-6-22(31(21)34)23-7-4-8-24(32(23)35)26-13-36-27(33(38-26)44-2)17-39-15-20(40)16-39/h3-8,11-13,20,25,37,40H,9-10,14-17H2,1-2H3,(H,41,42)/t25-/m0/s1. The number of nitrogens with zero attached hydrogens (tertiary/aromatic N) is 3. The Morgan fingerprint density at radius 2 is 1.70 bits per heavy atom. The zero-order valence-electron chi connectivity index (χ0n) is 24.3. The van der Waals surface area contributed by atoms with Crippen molar-refractivity contribution >= 4 is 29.2 Å². The molecule has 4 aromatic rings. The van der Waals surface area contributed by atoms with Crippen molar-refractivity contribution in [3.05, 3.63) is 81.6 Å². The molecule has 9 nitrogen and oxygen atoms in total. The van der Waals surface area contributed by atoms with Gasteiger partial charge in [-0.25, -0.2) is 4.98 Å². The van der Waals surface area contributed by atoms with Gasteiger partial charge >= 0.3 is 5.97 Å². The van der Waals surface area contributed by atoms with E-state index in [0.717, 1.165) is 46.2 Å². The molecule has 3 N–H and O–H groups in total. The van der Waals surface area contributed by atoms with Crippen molar-refractivity contribution in [3.8, 4) is 45.1 Å². The van der Waals surface area contributed by atoms with Crippen LogP contribution < -0.4 is 14.8 Å². The Morgan fingerprint density at radius 1 is 1.02 bits per heavy atom. The van der Waals surface area contributed by atoms with Gasteiger partial charge in [0.1, 0.15) is 11.4 Å². The van der Waals surface area contributed by atoms with E-state index < -0.39 is 5.97 Å². The van der Waals surface area contributed by atoms with Crippen LogP contribution in [-0.2, 0) is 17.8 Å². The monoisotopic (exact) mass is 634 g/mol. The number of ether oxygens (including phenoxy) is 2. The van der Waals surface area contributed by atoms with E-state index in [-0.39, 0.29) is 18.7 Å².